The zero-order valence-corrected chi connectivity index (χ0v) is 58.1. The number of nitrogens with zero attached hydrogens (tertiary/aromatic N) is 2. The molecule has 2 heteroatoms. The predicted octanol–water partition coefficient (Wildman–Crippen LogP) is 26.3. The first-order valence-corrected chi connectivity index (χ1v) is 35.8. The van der Waals surface area contributed by atoms with Gasteiger partial charge in [-0.05, 0) is 234 Å². The van der Waals surface area contributed by atoms with Crippen LogP contribution in [-0.4, -0.2) is 6.04 Å². The Kier molecular flexibility index (Phi) is 13.2. The smallest absolute Gasteiger partial charge is 0.0563 e. The Bertz CT molecular complexity index is 5720. The molecule has 0 aromatic heterocycles. The van der Waals surface area contributed by atoms with Gasteiger partial charge in [-0.3, -0.25) is 0 Å². The van der Waals surface area contributed by atoms with Crippen LogP contribution >= 0.6 is 0 Å². The largest absolute Gasteiger partial charge is 0.334 e. The molecule has 0 fully saturated rings. The van der Waals surface area contributed by atoms with Gasteiger partial charge in [0.05, 0.1) is 6.04 Å². The minimum atomic E-state index is -0.207. The van der Waals surface area contributed by atoms with Crippen LogP contribution in [0.5, 0.6) is 0 Å². The first-order chi connectivity index (χ1) is 48.6. The molecule has 1 atom stereocenters. The van der Waals surface area contributed by atoms with Gasteiger partial charge < -0.3 is 9.80 Å². The van der Waals surface area contributed by atoms with E-state index in [1.165, 1.54) is 161 Å². The van der Waals surface area contributed by atoms with Gasteiger partial charge in [-0.25, -0.2) is 0 Å². The van der Waals surface area contributed by atoms with Crippen LogP contribution in [0.1, 0.15) is 106 Å². The van der Waals surface area contributed by atoms with Gasteiger partial charge in [-0.1, -0.05) is 292 Å². The number of allylic oxidation sites excluding steroid dienone is 2. The van der Waals surface area contributed by atoms with Crippen LogP contribution < -0.4 is 9.80 Å². The molecular formula is C98H78N2. The molecule has 0 radical (unpaired) electrons. The molecule has 5 aliphatic rings. The lowest BCUT2D eigenvalue weighted by Crippen LogP contribution is -2.32. The Morgan fingerprint density at radius 3 is 1.08 bits per heavy atom. The molecule has 14 aromatic rings. The van der Waals surface area contributed by atoms with Crippen molar-refractivity contribution in [1.82, 2.24) is 0 Å². The van der Waals surface area contributed by atoms with Crippen LogP contribution in [-0.2, 0) is 21.7 Å². The SMILES string of the molecule is CC1(C)C2=CC(N(c3ccc4c(c3)C(C)(C)c3ccccc3-4)c3ccc4c(-c5cccc(-c6ccccc6)c5)c5cc(N(c6ccc7c(c6)C(C)(C)c6ccccc6-7)c6ccc7c(c6)C(C)(C)c6ccccc6-7)ccc5c(-c5cccc(-c6ccccc6)c5)c4c3)CC=C2c2ccccc21. The highest BCUT2D eigenvalue weighted by molar-refractivity contribution is 6.23. The van der Waals surface area contributed by atoms with Crippen LogP contribution in [0.4, 0.5) is 28.4 Å². The summed E-state index contributed by atoms with van der Waals surface area (Å²) in [6.07, 6.45) is 6.03. The Hall–Kier alpha value is -11.3. The standard InChI is InChI=1S/C98H78N2/c1-95(2)85-37-19-15-33-73(85)77-47-41-69(57-89(77)95)99(70-42-48-78-74-34-16-20-38-86(74)96(3,4)90(78)58-70)67-45-51-81-83(55-67)93(65-31-23-29-63(53-65)61-25-11-9-12-26-61)82-52-46-68(56-84(82)94(81)66-32-24-30-64(54-66)62-27-13-10-14-28-62)100(71-43-49-79-75-35-17-21-39-87(75)97(5,6)91(79)59-71)72-44-50-80-76-36-18-22-40-88(76)98(7,8)92(80)60-72/h9-43,45-60,72H,44H2,1-8H3. The average Bonchev–Trinajstić information content (AvgIpc) is 0.846. The van der Waals surface area contributed by atoms with E-state index in [0.717, 1.165) is 29.2 Å². The fourth-order valence-electron chi connectivity index (χ4n) is 18.7. The summed E-state index contributed by atoms with van der Waals surface area (Å²) in [5, 5.41) is 4.77. The second kappa shape index (κ2) is 22.1. The van der Waals surface area contributed by atoms with E-state index in [4.69, 9.17) is 0 Å². The monoisotopic (exact) mass is 1280 g/mol. The molecule has 14 aromatic carbocycles. The molecule has 480 valence electrons. The summed E-state index contributed by atoms with van der Waals surface area (Å²) < 4.78 is 0. The van der Waals surface area contributed by atoms with Gasteiger partial charge in [0.15, 0.2) is 0 Å². The van der Waals surface area contributed by atoms with E-state index in [2.05, 4.69) is 375 Å². The zero-order chi connectivity index (χ0) is 67.6. The van der Waals surface area contributed by atoms with E-state index in [0.29, 0.717) is 0 Å². The minimum Gasteiger partial charge on any atom is -0.334 e. The number of hydrogen-bond acceptors (Lipinski definition) is 2. The highest BCUT2D eigenvalue weighted by Crippen LogP contribution is 2.58. The van der Waals surface area contributed by atoms with Gasteiger partial charge in [-0.2, -0.15) is 0 Å². The maximum absolute atomic E-state index is 2.69. The van der Waals surface area contributed by atoms with Crippen LogP contribution in [0.25, 0.3) is 105 Å². The van der Waals surface area contributed by atoms with Gasteiger partial charge in [-0.15, -0.1) is 0 Å². The fraction of sp³-hybridized carbons (Fsp3) is 0.143. The van der Waals surface area contributed by atoms with Crippen LogP contribution in [0.2, 0.25) is 0 Å². The van der Waals surface area contributed by atoms with Crippen molar-refractivity contribution in [2.45, 2.75) is 89.5 Å². The summed E-state index contributed by atoms with van der Waals surface area (Å²) in [6, 6.07) is 113. The van der Waals surface area contributed by atoms with E-state index in [9.17, 15) is 0 Å². The normalized spacial score (nSPS) is 16.3. The highest BCUT2D eigenvalue weighted by atomic mass is 15.2. The lowest BCUT2D eigenvalue weighted by molar-refractivity contribution is 0.644. The van der Waals surface area contributed by atoms with Crippen LogP contribution in [0, 0.1) is 0 Å². The van der Waals surface area contributed by atoms with Crippen molar-refractivity contribution in [2.24, 2.45) is 0 Å². The molecule has 0 spiro atoms. The van der Waals surface area contributed by atoms with E-state index in [-0.39, 0.29) is 27.7 Å². The molecule has 0 bridgehead atoms. The van der Waals surface area contributed by atoms with Crippen molar-refractivity contribution in [2.75, 3.05) is 9.80 Å². The van der Waals surface area contributed by atoms with Crippen molar-refractivity contribution >= 4 is 55.6 Å². The molecule has 0 amide bonds. The fourth-order valence-corrected chi connectivity index (χ4v) is 18.7. The summed E-state index contributed by atoms with van der Waals surface area (Å²) in [5.74, 6) is 0. The van der Waals surface area contributed by atoms with Crippen LogP contribution in [0.15, 0.2) is 315 Å². The minimum absolute atomic E-state index is 0.00789. The van der Waals surface area contributed by atoms with E-state index >= 15 is 0 Å². The van der Waals surface area contributed by atoms with Gasteiger partial charge >= 0.3 is 0 Å². The summed E-state index contributed by atoms with van der Waals surface area (Å²) in [4.78, 5) is 5.25. The number of benzene rings is 14. The molecular weight excluding hydrogens is 1210 g/mol. The number of rotatable bonds is 10. The molecule has 100 heavy (non-hydrogen) atoms. The Balaban J connectivity index is 0.889. The zero-order valence-electron chi connectivity index (χ0n) is 58.1. The van der Waals surface area contributed by atoms with Crippen molar-refractivity contribution in [1.29, 1.82) is 0 Å². The molecule has 5 aliphatic carbocycles. The van der Waals surface area contributed by atoms with Gasteiger partial charge in [0.1, 0.15) is 0 Å². The summed E-state index contributed by atoms with van der Waals surface area (Å²) in [5.41, 5.74) is 36.0. The molecule has 0 heterocycles. The Labute approximate surface area is 588 Å². The number of hydrogen-bond donors (Lipinski definition) is 0. The molecule has 2 nitrogen and oxygen atoms in total. The Morgan fingerprint density at radius 1 is 0.260 bits per heavy atom. The number of fused-ring (bicyclic) bond motifs is 14. The van der Waals surface area contributed by atoms with Gasteiger partial charge in [0, 0.05) is 50.1 Å². The first-order valence-electron chi connectivity index (χ1n) is 35.8. The second-order valence-electron chi connectivity index (χ2n) is 30.7. The van der Waals surface area contributed by atoms with E-state index in [1.807, 2.05) is 0 Å². The topological polar surface area (TPSA) is 6.48 Å². The van der Waals surface area contributed by atoms with Crippen LogP contribution in [0.3, 0.4) is 0 Å². The van der Waals surface area contributed by atoms with Gasteiger partial charge in [0.2, 0.25) is 0 Å². The van der Waals surface area contributed by atoms with Crippen molar-refractivity contribution in [3.05, 3.63) is 359 Å². The summed E-state index contributed by atoms with van der Waals surface area (Å²) in [6.45, 7) is 19.3. The third-order valence-electron chi connectivity index (χ3n) is 23.7. The highest BCUT2D eigenvalue weighted by Gasteiger charge is 2.43. The molecule has 0 saturated heterocycles. The van der Waals surface area contributed by atoms with E-state index in [1.54, 1.807) is 0 Å². The Morgan fingerprint density at radius 2 is 0.600 bits per heavy atom. The maximum atomic E-state index is 2.69. The quantitative estimate of drug-likeness (QED) is 0.126. The molecule has 0 saturated carbocycles. The molecule has 1 unspecified atom stereocenters. The third kappa shape index (κ3) is 8.95. The number of anilines is 5. The van der Waals surface area contributed by atoms with E-state index < -0.39 is 0 Å². The summed E-state index contributed by atoms with van der Waals surface area (Å²) >= 11 is 0. The predicted molar refractivity (Wildman–Crippen MR) is 423 cm³/mol. The molecule has 19 rings (SSSR count). The summed E-state index contributed by atoms with van der Waals surface area (Å²) in [7, 11) is 0. The van der Waals surface area contributed by atoms with Gasteiger partial charge in [0.25, 0.3) is 0 Å². The second-order valence-corrected chi connectivity index (χ2v) is 30.7. The molecule has 0 aliphatic heterocycles. The van der Waals surface area contributed by atoms with Crippen molar-refractivity contribution in [3.63, 3.8) is 0 Å². The first kappa shape index (κ1) is 59.9. The average molecular weight is 1280 g/mol. The lowest BCUT2D eigenvalue weighted by atomic mass is 9.79. The lowest BCUT2D eigenvalue weighted by Gasteiger charge is -2.36. The van der Waals surface area contributed by atoms with Crippen molar-refractivity contribution in [3.8, 4) is 77.9 Å². The molecule has 0 N–H and O–H groups in total. The van der Waals surface area contributed by atoms with Crippen molar-refractivity contribution < 1.29 is 0 Å². The maximum Gasteiger partial charge on any atom is 0.0563 e. The third-order valence-corrected chi connectivity index (χ3v) is 23.7.